The van der Waals surface area contributed by atoms with Crippen molar-refractivity contribution in [1.29, 1.82) is 0 Å². The van der Waals surface area contributed by atoms with Crippen molar-refractivity contribution < 1.29 is 4.74 Å². The molecule has 1 unspecified atom stereocenters. The van der Waals surface area contributed by atoms with E-state index in [0.29, 0.717) is 6.04 Å². The van der Waals surface area contributed by atoms with Gasteiger partial charge in [0.2, 0.25) is 0 Å². The van der Waals surface area contributed by atoms with Crippen LogP contribution in [0.3, 0.4) is 0 Å². The van der Waals surface area contributed by atoms with Crippen LogP contribution in [0.1, 0.15) is 25.5 Å². The van der Waals surface area contributed by atoms with Crippen LogP contribution in [0.4, 0.5) is 0 Å². The molecule has 0 aliphatic heterocycles. The maximum atomic E-state index is 5.47. The molecule has 0 aromatic heterocycles. The van der Waals surface area contributed by atoms with Crippen LogP contribution in [0.15, 0.2) is 29.3 Å². The summed E-state index contributed by atoms with van der Waals surface area (Å²) in [6.07, 6.45) is 0. The summed E-state index contributed by atoms with van der Waals surface area (Å²) in [5, 5.41) is 6.67. The molecule has 0 heterocycles. The monoisotopic (exact) mass is 292 g/mol. The topological polar surface area (TPSA) is 48.9 Å². The SMILES string of the molecule is CN=C(NCC(c1ccccc1OC)N(C)C)NC(C)C. The molecule has 0 amide bonds. The van der Waals surface area contributed by atoms with E-state index in [1.165, 1.54) is 0 Å². The first-order valence-electron chi connectivity index (χ1n) is 7.26. The third kappa shape index (κ3) is 5.27. The Morgan fingerprint density at radius 1 is 1.29 bits per heavy atom. The van der Waals surface area contributed by atoms with Crippen LogP contribution >= 0.6 is 0 Å². The van der Waals surface area contributed by atoms with Gasteiger partial charge in [0.25, 0.3) is 0 Å². The van der Waals surface area contributed by atoms with Crippen molar-refractivity contribution in [2.75, 3.05) is 34.8 Å². The molecule has 0 spiro atoms. The molecule has 0 aliphatic carbocycles. The number of nitrogens with one attached hydrogen (secondary N) is 2. The number of likely N-dealkylation sites (N-methyl/N-ethyl adjacent to an activating group) is 1. The molecule has 1 atom stereocenters. The van der Waals surface area contributed by atoms with E-state index in [1.807, 2.05) is 18.2 Å². The summed E-state index contributed by atoms with van der Waals surface area (Å²) in [5.41, 5.74) is 1.16. The lowest BCUT2D eigenvalue weighted by molar-refractivity contribution is 0.287. The number of aliphatic imine (C=N–C) groups is 1. The average Bonchev–Trinajstić information content (AvgIpc) is 2.45. The zero-order valence-corrected chi connectivity index (χ0v) is 14.0. The number of hydrogen-bond acceptors (Lipinski definition) is 3. The molecular weight excluding hydrogens is 264 g/mol. The summed E-state index contributed by atoms with van der Waals surface area (Å²) in [7, 11) is 7.62. The first-order valence-corrected chi connectivity index (χ1v) is 7.26. The second-order valence-corrected chi connectivity index (χ2v) is 5.47. The third-order valence-corrected chi connectivity index (χ3v) is 3.23. The van der Waals surface area contributed by atoms with Gasteiger partial charge in [0, 0.05) is 25.2 Å². The van der Waals surface area contributed by atoms with Crippen molar-refractivity contribution in [2.24, 2.45) is 4.99 Å². The van der Waals surface area contributed by atoms with Crippen LogP contribution in [0.2, 0.25) is 0 Å². The largest absolute Gasteiger partial charge is 0.496 e. The molecule has 0 bridgehead atoms. The highest BCUT2D eigenvalue weighted by Crippen LogP contribution is 2.27. The van der Waals surface area contributed by atoms with E-state index in [4.69, 9.17) is 4.74 Å². The fraction of sp³-hybridized carbons (Fsp3) is 0.562. The van der Waals surface area contributed by atoms with E-state index >= 15 is 0 Å². The zero-order chi connectivity index (χ0) is 15.8. The molecule has 21 heavy (non-hydrogen) atoms. The molecule has 118 valence electrons. The van der Waals surface area contributed by atoms with Gasteiger partial charge in [-0.05, 0) is 34.0 Å². The van der Waals surface area contributed by atoms with Gasteiger partial charge in [0.1, 0.15) is 5.75 Å². The van der Waals surface area contributed by atoms with Gasteiger partial charge in [0.15, 0.2) is 5.96 Å². The average molecular weight is 292 g/mol. The highest BCUT2D eigenvalue weighted by Gasteiger charge is 2.18. The maximum Gasteiger partial charge on any atom is 0.191 e. The fourth-order valence-electron chi connectivity index (χ4n) is 2.17. The predicted octanol–water partition coefficient (Wildman–Crippen LogP) is 1.87. The van der Waals surface area contributed by atoms with Crippen molar-refractivity contribution in [3.8, 4) is 5.75 Å². The zero-order valence-electron chi connectivity index (χ0n) is 14.0. The number of hydrogen-bond donors (Lipinski definition) is 2. The maximum absolute atomic E-state index is 5.47. The van der Waals surface area contributed by atoms with Crippen LogP contribution in [-0.4, -0.2) is 51.7 Å². The van der Waals surface area contributed by atoms with Gasteiger partial charge in [-0.25, -0.2) is 0 Å². The molecule has 0 saturated heterocycles. The van der Waals surface area contributed by atoms with E-state index < -0.39 is 0 Å². The number of ether oxygens (including phenoxy) is 1. The Bertz CT molecular complexity index is 457. The van der Waals surface area contributed by atoms with E-state index in [0.717, 1.165) is 23.8 Å². The van der Waals surface area contributed by atoms with E-state index in [2.05, 4.69) is 54.5 Å². The molecule has 2 N–H and O–H groups in total. The van der Waals surface area contributed by atoms with E-state index in [1.54, 1.807) is 14.2 Å². The quantitative estimate of drug-likeness (QED) is 0.621. The highest BCUT2D eigenvalue weighted by atomic mass is 16.5. The van der Waals surface area contributed by atoms with Gasteiger partial charge >= 0.3 is 0 Å². The van der Waals surface area contributed by atoms with Crippen LogP contribution in [0.25, 0.3) is 0 Å². The minimum atomic E-state index is 0.201. The van der Waals surface area contributed by atoms with Gasteiger partial charge in [-0.3, -0.25) is 4.99 Å². The number of guanidine groups is 1. The summed E-state index contributed by atoms with van der Waals surface area (Å²) >= 11 is 0. The highest BCUT2D eigenvalue weighted by molar-refractivity contribution is 5.79. The summed E-state index contributed by atoms with van der Waals surface area (Å²) in [6.45, 7) is 4.94. The van der Waals surface area contributed by atoms with E-state index in [-0.39, 0.29) is 6.04 Å². The Morgan fingerprint density at radius 3 is 2.48 bits per heavy atom. The van der Waals surface area contributed by atoms with Gasteiger partial charge < -0.3 is 20.3 Å². The smallest absolute Gasteiger partial charge is 0.191 e. The summed E-state index contributed by atoms with van der Waals surface area (Å²) in [4.78, 5) is 6.41. The second kappa shape index (κ2) is 8.52. The van der Waals surface area contributed by atoms with Crippen LogP contribution in [0, 0.1) is 0 Å². The summed E-state index contributed by atoms with van der Waals surface area (Å²) < 4.78 is 5.47. The summed E-state index contributed by atoms with van der Waals surface area (Å²) in [5.74, 6) is 1.72. The first-order chi connectivity index (χ1) is 9.99. The molecule has 0 radical (unpaired) electrons. The summed E-state index contributed by atoms with van der Waals surface area (Å²) in [6, 6.07) is 8.67. The lowest BCUT2D eigenvalue weighted by Crippen LogP contribution is -2.44. The molecule has 5 heteroatoms. The van der Waals surface area contributed by atoms with Gasteiger partial charge in [-0.1, -0.05) is 18.2 Å². The first kappa shape index (κ1) is 17.3. The predicted molar refractivity (Wildman–Crippen MR) is 89.1 cm³/mol. The van der Waals surface area contributed by atoms with Crippen molar-refractivity contribution in [3.63, 3.8) is 0 Å². The Labute approximate surface area is 128 Å². The molecule has 1 rings (SSSR count). The number of para-hydroxylation sites is 1. The number of rotatable bonds is 6. The van der Waals surface area contributed by atoms with Crippen LogP contribution < -0.4 is 15.4 Å². The number of benzene rings is 1. The van der Waals surface area contributed by atoms with Crippen molar-refractivity contribution in [2.45, 2.75) is 25.9 Å². The van der Waals surface area contributed by atoms with Crippen molar-refractivity contribution in [1.82, 2.24) is 15.5 Å². The molecule has 0 fully saturated rings. The van der Waals surface area contributed by atoms with Crippen molar-refractivity contribution >= 4 is 5.96 Å². The molecule has 5 nitrogen and oxygen atoms in total. The number of methoxy groups -OCH3 is 1. The third-order valence-electron chi connectivity index (χ3n) is 3.23. The van der Waals surface area contributed by atoms with Gasteiger partial charge in [-0.2, -0.15) is 0 Å². The van der Waals surface area contributed by atoms with E-state index in [9.17, 15) is 0 Å². The molecule has 1 aromatic rings. The minimum Gasteiger partial charge on any atom is -0.496 e. The second-order valence-electron chi connectivity index (χ2n) is 5.47. The molecule has 0 aliphatic rings. The van der Waals surface area contributed by atoms with Crippen LogP contribution in [-0.2, 0) is 0 Å². The molecule has 0 saturated carbocycles. The Hall–Kier alpha value is -1.75. The lowest BCUT2D eigenvalue weighted by Gasteiger charge is -2.27. The Balaban J connectivity index is 2.83. The normalized spacial score (nSPS) is 13.4. The van der Waals surface area contributed by atoms with Gasteiger partial charge in [-0.15, -0.1) is 0 Å². The van der Waals surface area contributed by atoms with Gasteiger partial charge in [0.05, 0.1) is 13.2 Å². The Kier molecular flexibility index (Phi) is 7.02. The lowest BCUT2D eigenvalue weighted by atomic mass is 10.0. The fourth-order valence-corrected chi connectivity index (χ4v) is 2.17. The van der Waals surface area contributed by atoms with Crippen LogP contribution in [0.5, 0.6) is 5.75 Å². The van der Waals surface area contributed by atoms with Crippen molar-refractivity contribution in [3.05, 3.63) is 29.8 Å². The number of nitrogens with zero attached hydrogens (tertiary/aromatic N) is 2. The minimum absolute atomic E-state index is 0.201. The Morgan fingerprint density at radius 2 is 1.95 bits per heavy atom. The molecule has 1 aromatic carbocycles. The standard InChI is InChI=1S/C16H28N4O/c1-12(2)19-16(17-3)18-11-14(20(4)5)13-9-7-8-10-15(13)21-6/h7-10,12,14H,11H2,1-6H3,(H2,17,18,19). The molecular formula is C16H28N4O.